The van der Waals surface area contributed by atoms with Crippen LogP contribution in [0.4, 0.5) is 5.69 Å². The fourth-order valence-corrected chi connectivity index (χ4v) is 2.27. The fraction of sp³-hybridized carbons (Fsp3) is 0.300. The Hall–Kier alpha value is -1.18. The van der Waals surface area contributed by atoms with Crippen molar-refractivity contribution in [3.05, 3.63) is 23.8 Å². The monoisotopic (exact) mass is 206 g/mol. The molecular formula is C10H10N2OS. The molecule has 4 heteroatoms. The van der Waals surface area contributed by atoms with Gasteiger partial charge in [0.25, 0.3) is 0 Å². The first kappa shape index (κ1) is 9.38. The van der Waals surface area contributed by atoms with E-state index in [1.54, 1.807) is 17.8 Å². The Bertz CT molecular complexity index is 382. The summed E-state index contributed by atoms with van der Waals surface area (Å²) in [6.07, 6.45) is 0. The van der Waals surface area contributed by atoms with Gasteiger partial charge in [0.05, 0.1) is 24.0 Å². The molecule has 1 aromatic carbocycles. The van der Waals surface area contributed by atoms with E-state index in [9.17, 15) is 0 Å². The molecule has 14 heavy (non-hydrogen) atoms. The number of nitriles is 1. The maximum absolute atomic E-state index is 8.90. The van der Waals surface area contributed by atoms with Crippen molar-refractivity contribution >= 4 is 17.4 Å². The summed E-state index contributed by atoms with van der Waals surface area (Å²) in [6.45, 7) is 1.56. The lowest BCUT2D eigenvalue weighted by Crippen LogP contribution is -2.30. The molecule has 1 aromatic rings. The first-order valence-corrected chi connectivity index (χ1v) is 5.21. The van der Waals surface area contributed by atoms with Crippen molar-refractivity contribution in [2.45, 2.75) is 10.1 Å². The van der Waals surface area contributed by atoms with Crippen LogP contribution in [-0.4, -0.2) is 18.5 Å². The number of nitrogens with two attached hydrogens (primary N) is 1. The molecule has 0 amide bonds. The van der Waals surface area contributed by atoms with Crippen molar-refractivity contribution in [1.82, 2.24) is 0 Å². The normalized spacial score (nSPS) is 15.9. The minimum Gasteiger partial charge on any atom is -0.399 e. The van der Waals surface area contributed by atoms with Gasteiger partial charge < -0.3 is 10.5 Å². The first-order chi connectivity index (χ1) is 6.79. The zero-order chi connectivity index (χ0) is 9.97. The zero-order valence-corrected chi connectivity index (χ0v) is 8.38. The smallest absolute Gasteiger partial charge is 0.100 e. The lowest BCUT2D eigenvalue weighted by Gasteiger charge is -2.25. The van der Waals surface area contributed by atoms with E-state index in [2.05, 4.69) is 6.07 Å². The lowest BCUT2D eigenvalue weighted by atomic mass is 10.2. The molecule has 0 spiro atoms. The number of nitrogen functional groups attached to an aromatic ring is 1. The molecule has 1 heterocycles. The van der Waals surface area contributed by atoms with Gasteiger partial charge >= 0.3 is 0 Å². The van der Waals surface area contributed by atoms with E-state index in [1.165, 1.54) is 0 Å². The third kappa shape index (κ3) is 1.84. The molecule has 72 valence electrons. The van der Waals surface area contributed by atoms with Gasteiger partial charge in [0, 0.05) is 10.6 Å². The number of hydrogen-bond acceptors (Lipinski definition) is 4. The van der Waals surface area contributed by atoms with E-state index in [-0.39, 0.29) is 0 Å². The minimum absolute atomic E-state index is 0.491. The molecule has 0 saturated carbocycles. The molecular weight excluding hydrogens is 196 g/mol. The number of thioether (sulfide) groups is 1. The van der Waals surface area contributed by atoms with Crippen molar-refractivity contribution in [2.75, 3.05) is 18.9 Å². The molecule has 0 aliphatic carbocycles. The highest BCUT2D eigenvalue weighted by Gasteiger charge is 2.20. The lowest BCUT2D eigenvalue weighted by molar-refractivity contribution is 0.0455. The maximum Gasteiger partial charge on any atom is 0.100 e. The van der Waals surface area contributed by atoms with Gasteiger partial charge in [-0.3, -0.25) is 0 Å². The molecule has 1 fully saturated rings. The van der Waals surface area contributed by atoms with Gasteiger partial charge in [-0.2, -0.15) is 5.26 Å². The summed E-state index contributed by atoms with van der Waals surface area (Å²) in [6, 6.07) is 7.58. The summed E-state index contributed by atoms with van der Waals surface area (Å²) in [7, 11) is 0. The summed E-state index contributed by atoms with van der Waals surface area (Å²) in [5.74, 6) is 0. The number of nitrogens with zero attached hydrogens (tertiary/aromatic N) is 1. The molecule has 0 bridgehead atoms. The van der Waals surface area contributed by atoms with Crippen LogP contribution in [-0.2, 0) is 4.74 Å². The second kappa shape index (κ2) is 3.91. The van der Waals surface area contributed by atoms with Gasteiger partial charge in [0.2, 0.25) is 0 Å². The van der Waals surface area contributed by atoms with Crippen molar-refractivity contribution in [3.8, 4) is 6.07 Å². The Morgan fingerprint density at radius 1 is 1.50 bits per heavy atom. The highest BCUT2D eigenvalue weighted by Crippen LogP contribution is 2.31. The van der Waals surface area contributed by atoms with Crippen LogP contribution in [0, 0.1) is 11.3 Å². The van der Waals surface area contributed by atoms with E-state index in [0.29, 0.717) is 16.5 Å². The van der Waals surface area contributed by atoms with Crippen LogP contribution in [0.3, 0.4) is 0 Å². The Kier molecular flexibility index (Phi) is 2.62. The van der Waals surface area contributed by atoms with Gasteiger partial charge in [-0.05, 0) is 18.2 Å². The highest BCUT2D eigenvalue weighted by molar-refractivity contribution is 8.00. The van der Waals surface area contributed by atoms with Gasteiger partial charge in [-0.1, -0.05) is 0 Å². The third-order valence-electron chi connectivity index (χ3n) is 2.03. The predicted octanol–water partition coefficient (Wildman–Crippen LogP) is 1.63. The predicted molar refractivity (Wildman–Crippen MR) is 56.0 cm³/mol. The van der Waals surface area contributed by atoms with Crippen molar-refractivity contribution in [1.29, 1.82) is 5.26 Å². The van der Waals surface area contributed by atoms with Gasteiger partial charge in [-0.15, -0.1) is 11.8 Å². The average Bonchev–Trinajstić information content (AvgIpc) is 2.13. The van der Waals surface area contributed by atoms with Crippen LogP contribution in [0.5, 0.6) is 0 Å². The van der Waals surface area contributed by atoms with E-state index in [4.69, 9.17) is 15.7 Å². The summed E-state index contributed by atoms with van der Waals surface area (Å²) in [4.78, 5) is 0.995. The number of anilines is 1. The fourth-order valence-electron chi connectivity index (χ4n) is 1.20. The summed E-state index contributed by atoms with van der Waals surface area (Å²) >= 11 is 1.69. The van der Waals surface area contributed by atoms with Crippen LogP contribution in [0.2, 0.25) is 0 Å². The molecule has 0 unspecified atom stereocenters. The molecule has 1 aliphatic rings. The van der Waals surface area contributed by atoms with Crippen molar-refractivity contribution < 1.29 is 4.74 Å². The average molecular weight is 206 g/mol. The molecule has 0 aromatic heterocycles. The van der Waals surface area contributed by atoms with Crippen LogP contribution < -0.4 is 5.73 Å². The first-order valence-electron chi connectivity index (χ1n) is 4.33. The Morgan fingerprint density at radius 3 is 2.86 bits per heavy atom. The van der Waals surface area contributed by atoms with E-state index in [0.717, 1.165) is 18.1 Å². The van der Waals surface area contributed by atoms with E-state index >= 15 is 0 Å². The minimum atomic E-state index is 0.491. The largest absolute Gasteiger partial charge is 0.399 e. The van der Waals surface area contributed by atoms with Crippen LogP contribution >= 0.6 is 11.8 Å². The topological polar surface area (TPSA) is 59.0 Å². The Labute approximate surface area is 86.9 Å². The summed E-state index contributed by atoms with van der Waals surface area (Å²) in [5.41, 5.74) is 6.88. The quantitative estimate of drug-likeness (QED) is 0.747. The van der Waals surface area contributed by atoms with E-state index < -0.39 is 0 Å². The molecule has 0 atom stereocenters. The maximum atomic E-state index is 8.90. The third-order valence-corrected chi connectivity index (χ3v) is 3.24. The van der Waals surface area contributed by atoms with Crippen molar-refractivity contribution in [2.24, 2.45) is 0 Å². The molecule has 1 saturated heterocycles. The van der Waals surface area contributed by atoms with Crippen molar-refractivity contribution in [3.63, 3.8) is 0 Å². The number of benzene rings is 1. The number of hydrogen-bond donors (Lipinski definition) is 1. The molecule has 1 aliphatic heterocycles. The van der Waals surface area contributed by atoms with Gasteiger partial charge in [0.1, 0.15) is 6.07 Å². The number of ether oxygens (including phenoxy) is 1. The van der Waals surface area contributed by atoms with Crippen LogP contribution in [0.25, 0.3) is 0 Å². The van der Waals surface area contributed by atoms with Gasteiger partial charge in [0.15, 0.2) is 0 Å². The number of rotatable bonds is 2. The van der Waals surface area contributed by atoms with Crippen LogP contribution in [0.15, 0.2) is 23.1 Å². The van der Waals surface area contributed by atoms with Gasteiger partial charge in [-0.25, -0.2) is 0 Å². The summed E-state index contributed by atoms with van der Waals surface area (Å²) < 4.78 is 5.08. The molecule has 0 radical (unpaired) electrons. The zero-order valence-electron chi connectivity index (χ0n) is 7.56. The van der Waals surface area contributed by atoms with E-state index in [1.807, 2.05) is 12.1 Å². The Balaban J connectivity index is 2.19. The molecule has 3 nitrogen and oxygen atoms in total. The summed E-state index contributed by atoms with van der Waals surface area (Å²) in [5, 5.41) is 9.39. The molecule has 2 N–H and O–H groups in total. The Morgan fingerprint density at radius 2 is 2.29 bits per heavy atom. The molecule has 2 rings (SSSR count). The second-order valence-corrected chi connectivity index (χ2v) is 4.49. The SMILES string of the molecule is N#Cc1cc(N)ccc1SC1COC1. The standard InChI is InChI=1S/C10H10N2OS/c11-4-7-3-8(12)1-2-10(7)14-9-5-13-6-9/h1-3,9H,5-6,12H2. The highest BCUT2D eigenvalue weighted by atomic mass is 32.2. The second-order valence-electron chi connectivity index (χ2n) is 3.14. The van der Waals surface area contributed by atoms with Crippen LogP contribution in [0.1, 0.15) is 5.56 Å².